The van der Waals surface area contributed by atoms with Crippen molar-refractivity contribution in [1.29, 1.82) is 0 Å². The topological polar surface area (TPSA) is 58.6 Å². The van der Waals surface area contributed by atoms with Crippen molar-refractivity contribution in [2.45, 2.75) is 0 Å². The Morgan fingerprint density at radius 2 is 2.05 bits per heavy atom. The number of thiophene rings is 1. The lowest BCUT2D eigenvalue weighted by molar-refractivity contribution is 0.0606. The van der Waals surface area contributed by atoms with Crippen molar-refractivity contribution >= 4 is 33.3 Å². The van der Waals surface area contributed by atoms with Gasteiger partial charge in [-0.15, -0.1) is 11.3 Å². The molecule has 6 nitrogen and oxygen atoms in total. The Balaban J connectivity index is 1.98. The quantitative estimate of drug-likeness (QED) is 0.776. The fourth-order valence-corrected chi connectivity index (χ4v) is 3.23. The molecule has 20 heavy (non-hydrogen) atoms. The number of nitrogens with zero attached hydrogens (tertiary/aromatic N) is 4. The van der Waals surface area contributed by atoms with E-state index in [1.54, 1.807) is 6.33 Å². The molecule has 0 bridgehead atoms. The zero-order valence-electron chi connectivity index (χ0n) is 11.5. The summed E-state index contributed by atoms with van der Waals surface area (Å²) in [5.74, 6) is 0.590. The number of rotatable bonds is 2. The number of anilines is 1. The van der Waals surface area contributed by atoms with E-state index in [1.165, 1.54) is 18.4 Å². The van der Waals surface area contributed by atoms with Gasteiger partial charge in [-0.25, -0.2) is 14.8 Å². The van der Waals surface area contributed by atoms with Crippen LogP contribution in [0.5, 0.6) is 0 Å². The average Bonchev–Trinajstić information content (AvgIpc) is 2.91. The number of methoxy groups -OCH3 is 1. The van der Waals surface area contributed by atoms with Gasteiger partial charge in [0.15, 0.2) is 0 Å². The molecular formula is C13H16N4O2S. The van der Waals surface area contributed by atoms with Gasteiger partial charge in [0, 0.05) is 26.2 Å². The zero-order valence-corrected chi connectivity index (χ0v) is 12.3. The van der Waals surface area contributed by atoms with Crippen LogP contribution in [0.25, 0.3) is 10.2 Å². The number of carbonyl (C=O) groups is 1. The largest absolute Gasteiger partial charge is 0.465 e. The third kappa shape index (κ3) is 2.34. The molecule has 1 aliphatic heterocycles. The van der Waals surface area contributed by atoms with Gasteiger partial charge in [0.1, 0.15) is 21.9 Å². The molecule has 0 saturated carbocycles. The number of likely N-dealkylation sites (N-methyl/N-ethyl adjacent to an activating group) is 1. The van der Waals surface area contributed by atoms with E-state index >= 15 is 0 Å². The summed E-state index contributed by atoms with van der Waals surface area (Å²) in [7, 11) is 3.51. The van der Waals surface area contributed by atoms with Crippen molar-refractivity contribution in [3.8, 4) is 0 Å². The molecule has 106 valence electrons. The highest BCUT2D eigenvalue weighted by molar-refractivity contribution is 7.20. The number of hydrogen-bond acceptors (Lipinski definition) is 7. The van der Waals surface area contributed by atoms with Gasteiger partial charge in [0.05, 0.1) is 12.5 Å². The molecule has 0 amide bonds. The van der Waals surface area contributed by atoms with Crippen molar-refractivity contribution in [1.82, 2.24) is 14.9 Å². The molecular weight excluding hydrogens is 276 g/mol. The second kappa shape index (κ2) is 5.34. The minimum atomic E-state index is -0.322. The Kier molecular flexibility index (Phi) is 3.54. The predicted molar refractivity (Wildman–Crippen MR) is 78.5 cm³/mol. The van der Waals surface area contributed by atoms with Gasteiger partial charge < -0.3 is 14.5 Å². The Morgan fingerprint density at radius 1 is 1.30 bits per heavy atom. The summed E-state index contributed by atoms with van der Waals surface area (Å²) in [5.41, 5.74) is 0. The maximum atomic E-state index is 11.6. The molecule has 2 aromatic rings. The molecule has 0 N–H and O–H groups in total. The van der Waals surface area contributed by atoms with E-state index in [0.717, 1.165) is 42.2 Å². The van der Waals surface area contributed by atoms with Crippen LogP contribution in [0.2, 0.25) is 0 Å². The summed E-state index contributed by atoms with van der Waals surface area (Å²) >= 11 is 1.35. The van der Waals surface area contributed by atoms with Gasteiger partial charge in [0.2, 0.25) is 0 Å². The molecule has 7 heteroatoms. The van der Waals surface area contributed by atoms with Crippen LogP contribution in [0.4, 0.5) is 5.82 Å². The highest BCUT2D eigenvalue weighted by Gasteiger charge is 2.20. The van der Waals surface area contributed by atoms with E-state index < -0.39 is 0 Å². The Labute approximate surface area is 121 Å². The van der Waals surface area contributed by atoms with E-state index in [-0.39, 0.29) is 5.97 Å². The normalized spacial score (nSPS) is 16.6. The zero-order chi connectivity index (χ0) is 14.1. The highest BCUT2D eigenvalue weighted by Crippen LogP contribution is 2.30. The predicted octanol–water partition coefficient (Wildman–Crippen LogP) is 1.23. The number of piperazine rings is 1. The molecule has 0 radical (unpaired) electrons. The van der Waals surface area contributed by atoms with Crippen molar-refractivity contribution in [2.24, 2.45) is 0 Å². The standard InChI is InChI=1S/C13H16N4O2S/c1-16-3-5-17(6-4-16)11-9-7-10(13(18)19-2)20-12(9)15-8-14-11/h7-8H,3-6H2,1-2H3. The summed E-state index contributed by atoms with van der Waals surface area (Å²) in [5, 5.41) is 0.933. The summed E-state index contributed by atoms with van der Waals surface area (Å²) in [6.45, 7) is 3.90. The van der Waals surface area contributed by atoms with Gasteiger partial charge >= 0.3 is 5.97 Å². The number of fused-ring (bicyclic) bond motifs is 1. The highest BCUT2D eigenvalue weighted by atomic mass is 32.1. The molecule has 0 spiro atoms. The van der Waals surface area contributed by atoms with E-state index in [9.17, 15) is 4.79 Å². The third-order valence-electron chi connectivity index (χ3n) is 3.50. The molecule has 3 heterocycles. The number of hydrogen-bond donors (Lipinski definition) is 0. The molecule has 1 saturated heterocycles. The van der Waals surface area contributed by atoms with E-state index in [2.05, 4.69) is 26.8 Å². The first kappa shape index (κ1) is 13.3. The first-order valence-corrected chi connectivity index (χ1v) is 7.27. The molecule has 0 aromatic carbocycles. The van der Waals surface area contributed by atoms with Crippen LogP contribution in [-0.2, 0) is 4.74 Å². The summed E-state index contributed by atoms with van der Waals surface area (Å²) in [6, 6.07) is 1.83. The van der Waals surface area contributed by atoms with Crippen LogP contribution >= 0.6 is 11.3 Å². The number of ether oxygens (including phenoxy) is 1. The summed E-state index contributed by atoms with van der Waals surface area (Å²) < 4.78 is 4.77. The second-order valence-corrected chi connectivity index (χ2v) is 5.84. The molecule has 3 rings (SSSR count). The van der Waals surface area contributed by atoms with Crippen LogP contribution in [0, 0.1) is 0 Å². The van der Waals surface area contributed by atoms with Crippen LogP contribution in [0.1, 0.15) is 9.67 Å². The molecule has 1 aliphatic rings. The number of esters is 1. The maximum absolute atomic E-state index is 11.6. The Hall–Kier alpha value is -1.73. The molecule has 1 fully saturated rings. The van der Waals surface area contributed by atoms with Crippen LogP contribution in [0.15, 0.2) is 12.4 Å². The fourth-order valence-electron chi connectivity index (χ4n) is 2.31. The van der Waals surface area contributed by atoms with Crippen molar-refractivity contribution in [3.05, 3.63) is 17.3 Å². The lowest BCUT2D eigenvalue weighted by Crippen LogP contribution is -2.44. The van der Waals surface area contributed by atoms with Crippen molar-refractivity contribution in [3.63, 3.8) is 0 Å². The Bertz CT molecular complexity index is 634. The minimum absolute atomic E-state index is 0.322. The van der Waals surface area contributed by atoms with Gasteiger partial charge in [-0.1, -0.05) is 0 Å². The third-order valence-corrected chi connectivity index (χ3v) is 4.52. The van der Waals surface area contributed by atoms with Gasteiger partial charge in [-0.3, -0.25) is 0 Å². The smallest absolute Gasteiger partial charge is 0.348 e. The van der Waals surface area contributed by atoms with Crippen LogP contribution in [-0.4, -0.2) is 61.2 Å². The SMILES string of the molecule is COC(=O)c1cc2c(N3CCN(C)CC3)ncnc2s1. The first-order valence-electron chi connectivity index (χ1n) is 6.45. The maximum Gasteiger partial charge on any atom is 0.348 e. The minimum Gasteiger partial charge on any atom is -0.465 e. The van der Waals surface area contributed by atoms with E-state index in [1.807, 2.05) is 6.07 Å². The summed E-state index contributed by atoms with van der Waals surface area (Å²) in [6.07, 6.45) is 1.56. The summed E-state index contributed by atoms with van der Waals surface area (Å²) in [4.78, 5) is 26.2. The van der Waals surface area contributed by atoms with E-state index in [0.29, 0.717) is 4.88 Å². The second-order valence-electron chi connectivity index (χ2n) is 4.81. The molecule has 2 aromatic heterocycles. The van der Waals surface area contributed by atoms with Gasteiger partial charge in [-0.05, 0) is 13.1 Å². The van der Waals surface area contributed by atoms with E-state index in [4.69, 9.17) is 4.74 Å². The lowest BCUT2D eigenvalue weighted by atomic mass is 10.2. The Morgan fingerprint density at radius 3 is 2.75 bits per heavy atom. The molecule has 0 unspecified atom stereocenters. The van der Waals surface area contributed by atoms with Gasteiger partial charge in [-0.2, -0.15) is 0 Å². The first-order chi connectivity index (χ1) is 9.69. The lowest BCUT2D eigenvalue weighted by Gasteiger charge is -2.33. The monoisotopic (exact) mass is 292 g/mol. The van der Waals surface area contributed by atoms with Crippen LogP contribution in [0.3, 0.4) is 0 Å². The fraction of sp³-hybridized carbons (Fsp3) is 0.462. The van der Waals surface area contributed by atoms with Crippen molar-refractivity contribution < 1.29 is 9.53 Å². The molecule has 0 atom stereocenters. The molecule has 0 aliphatic carbocycles. The van der Waals surface area contributed by atoms with Crippen LogP contribution < -0.4 is 4.90 Å². The average molecular weight is 292 g/mol. The number of aromatic nitrogens is 2. The van der Waals surface area contributed by atoms with Crippen molar-refractivity contribution in [2.75, 3.05) is 45.2 Å². The number of carbonyl (C=O) groups excluding carboxylic acids is 1. The van der Waals surface area contributed by atoms with Gasteiger partial charge in [0.25, 0.3) is 0 Å².